The zero-order valence-electron chi connectivity index (χ0n) is 10.4. The van der Waals surface area contributed by atoms with Gasteiger partial charge >= 0.3 is 0 Å². The van der Waals surface area contributed by atoms with Gasteiger partial charge in [0.05, 0.1) is 11.0 Å². The number of benzene rings is 1. The number of carbonyl (C=O) groups excluding carboxylic acids is 1. The summed E-state index contributed by atoms with van der Waals surface area (Å²) in [6.45, 7) is 6.56. The summed E-state index contributed by atoms with van der Waals surface area (Å²) in [4.78, 5) is 16.1. The van der Waals surface area contributed by atoms with Gasteiger partial charge in [-0.1, -0.05) is 0 Å². The lowest BCUT2D eigenvalue weighted by atomic mass is 10.1. The van der Waals surface area contributed by atoms with Gasteiger partial charge in [-0.05, 0) is 44.0 Å². The molecule has 0 spiro atoms. The van der Waals surface area contributed by atoms with E-state index in [0.29, 0.717) is 6.61 Å². The second kappa shape index (κ2) is 4.67. The van der Waals surface area contributed by atoms with Crippen LogP contribution < -0.4 is 0 Å². The molecule has 0 aliphatic carbocycles. The maximum absolute atomic E-state index is 11.9. The standard InChI is InChI=1S/C13H16N2O2/c1-4-17-7-13(16)15-8-14-11-5-9(2)10(3)6-12(11)15/h5-6,8H,4,7H2,1-3H3. The highest BCUT2D eigenvalue weighted by Crippen LogP contribution is 2.18. The van der Waals surface area contributed by atoms with Crippen molar-refractivity contribution in [3.05, 3.63) is 29.6 Å². The van der Waals surface area contributed by atoms with Crippen LogP contribution in [0.15, 0.2) is 18.5 Å². The molecule has 0 fully saturated rings. The van der Waals surface area contributed by atoms with E-state index in [1.807, 2.05) is 32.9 Å². The highest BCUT2D eigenvalue weighted by Gasteiger charge is 2.10. The molecule has 17 heavy (non-hydrogen) atoms. The van der Waals surface area contributed by atoms with E-state index in [1.54, 1.807) is 10.9 Å². The fourth-order valence-electron chi connectivity index (χ4n) is 1.72. The van der Waals surface area contributed by atoms with E-state index in [2.05, 4.69) is 4.98 Å². The van der Waals surface area contributed by atoms with Crippen LogP contribution in [0, 0.1) is 13.8 Å². The monoisotopic (exact) mass is 232 g/mol. The van der Waals surface area contributed by atoms with Crippen LogP contribution in [0.5, 0.6) is 0 Å². The van der Waals surface area contributed by atoms with Gasteiger partial charge in [-0.2, -0.15) is 0 Å². The number of carbonyl (C=O) groups is 1. The van der Waals surface area contributed by atoms with Crippen molar-refractivity contribution in [3.8, 4) is 0 Å². The van der Waals surface area contributed by atoms with E-state index in [9.17, 15) is 4.79 Å². The Morgan fingerprint density at radius 1 is 1.35 bits per heavy atom. The predicted octanol–water partition coefficient (Wildman–Crippen LogP) is 2.33. The van der Waals surface area contributed by atoms with Crippen LogP contribution in [0.3, 0.4) is 0 Å². The first-order valence-electron chi connectivity index (χ1n) is 5.68. The SMILES string of the molecule is CCOCC(=O)n1cnc2cc(C)c(C)cc21. The molecule has 1 aromatic heterocycles. The first-order valence-corrected chi connectivity index (χ1v) is 5.68. The molecular weight excluding hydrogens is 216 g/mol. The van der Waals surface area contributed by atoms with Crippen LogP contribution in [0.4, 0.5) is 0 Å². The first-order chi connectivity index (χ1) is 8.13. The lowest BCUT2D eigenvalue weighted by Gasteiger charge is -2.04. The zero-order chi connectivity index (χ0) is 12.4. The molecule has 0 saturated heterocycles. The number of aryl methyl sites for hydroxylation is 2. The maximum atomic E-state index is 11.9. The molecule has 4 heteroatoms. The Morgan fingerprint density at radius 3 is 2.76 bits per heavy atom. The third kappa shape index (κ3) is 2.22. The predicted molar refractivity (Wildman–Crippen MR) is 66.3 cm³/mol. The van der Waals surface area contributed by atoms with Crippen LogP contribution in [0.25, 0.3) is 11.0 Å². The van der Waals surface area contributed by atoms with Crippen molar-refractivity contribution >= 4 is 16.9 Å². The van der Waals surface area contributed by atoms with Crippen molar-refractivity contribution in [2.45, 2.75) is 20.8 Å². The number of ether oxygens (including phenoxy) is 1. The van der Waals surface area contributed by atoms with Gasteiger partial charge in [0.2, 0.25) is 0 Å². The average molecular weight is 232 g/mol. The third-order valence-electron chi connectivity index (χ3n) is 2.86. The molecule has 0 unspecified atom stereocenters. The van der Waals surface area contributed by atoms with E-state index in [4.69, 9.17) is 4.74 Å². The van der Waals surface area contributed by atoms with Gasteiger partial charge in [-0.3, -0.25) is 9.36 Å². The molecular formula is C13H16N2O2. The van der Waals surface area contributed by atoms with E-state index in [-0.39, 0.29) is 12.5 Å². The molecule has 0 N–H and O–H groups in total. The summed E-state index contributed by atoms with van der Waals surface area (Å²) in [5.41, 5.74) is 4.03. The molecule has 0 amide bonds. The van der Waals surface area contributed by atoms with Gasteiger partial charge in [0.25, 0.3) is 5.91 Å². The van der Waals surface area contributed by atoms with Crippen LogP contribution >= 0.6 is 0 Å². The summed E-state index contributed by atoms with van der Waals surface area (Å²) >= 11 is 0. The molecule has 1 aromatic carbocycles. The van der Waals surface area contributed by atoms with Crippen molar-refractivity contribution in [3.63, 3.8) is 0 Å². The molecule has 4 nitrogen and oxygen atoms in total. The number of aromatic nitrogens is 2. The molecule has 0 atom stereocenters. The van der Waals surface area contributed by atoms with Crippen molar-refractivity contribution < 1.29 is 9.53 Å². The Morgan fingerprint density at radius 2 is 2.06 bits per heavy atom. The fraction of sp³-hybridized carbons (Fsp3) is 0.385. The van der Waals surface area contributed by atoms with Gasteiger partial charge in [0.15, 0.2) is 0 Å². The lowest BCUT2D eigenvalue weighted by Crippen LogP contribution is -2.16. The summed E-state index contributed by atoms with van der Waals surface area (Å²) in [6.07, 6.45) is 1.56. The van der Waals surface area contributed by atoms with E-state index in [0.717, 1.165) is 16.6 Å². The molecule has 0 radical (unpaired) electrons. The Bertz CT molecular complexity index is 558. The highest BCUT2D eigenvalue weighted by atomic mass is 16.5. The number of nitrogens with zero attached hydrogens (tertiary/aromatic N) is 2. The van der Waals surface area contributed by atoms with Gasteiger partial charge in [0, 0.05) is 6.61 Å². The Kier molecular flexibility index (Phi) is 3.24. The van der Waals surface area contributed by atoms with Crippen molar-refractivity contribution in [2.75, 3.05) is 13.2 Å². The van der Waals surface area contributed by atoms with E-state index in [1.165, 1.54) is 5.56 Å². The van der Waals surface area contributed by atoms with E-state index >= 15 is 0 Å². The quantitative estimate of drug-likeness (QED) is 0.815. The summed E-state index contributed by atoms with van der Waals surface area (Å²) in [5.74, 6) is -0.0856. The fourth-order valence-corrected chi connectivity index (χ4v) is 1.72. The van der Waals surface area contributed by atoms with Crippen molar-refractivity contribution in [1.29, 1.82) is 0 Å². The van der Waals surface area contributed by atoms with E-state index < -0.39 is 0 Å². The second-order valence-electron chi connectivity index (χ2n) is 4.07. The molecule has 2 aromatic rings. The van der Waals surface area contributed by atoms with Crippen LogP contribution in [-0.4, -0.2) is 28.7 Å². The lowest BCUT2D eigenvalue weighted by molar-refractivity contribution is 0.0703. The Hall–Kier alpha value is -1.68. The van der Waals surface area contributed by atoms with Gasteiger partial charge in [-0.25, -0.2) is 4.98 Å². The van der Waals surface area contributed by atoms with Crippen molar-refractivity contribution in [1.82, 2.24) is 9.55 Å². The first kappa shape index (κ1) is 11.8. The molecule has 0 saturated carbocycles. The maximum Gasteiger partial charge on any atom is 0.258 e. The van der Waals surface area contributed by atoms with Gasteiger partial charge < -0.3 is 4.74 Å². The molecule has 1 heterocycles. The Labute approximate surface area is 100 Å². The number of hydrogen-bond donors (Lipinski definition) is 0. The zero-order valence-corrected chi connectivity index (χ0v) is 10.4. The van der Waals surface area contributed by atoms with Crippen molar-refractivity contribution in [2.24, 2.45) is 0 Å². The van der Waals surface area contributed by atoms with Gasteiger partial charge in [0.1, 0.15) is 12.9 Å². The van der Waals surface area contributed by atoms with Crippen LogP contribution in [0.2, 0.25) is 0 Å². The number of fused-ring (bicyclic) bond motifs is 1. The summed E-state index contributed by atoms with van der Waals surface area (Å²) in [5, 5.41) is 0. The highest BCUT2D eigenvalue weighted by molar-refractivity contribution is 5.91. The van der Waals surface area contributed by atoms with Gasteiger partial charge in [-0.15, -0.1) is 0 Å². The number of hydrogen-bond acceptors (Lipinski definition) is 3. The third-order valence-corrected chi connectivity index (χ3v) is 2.86. The minimum absolute atomic E-state index is 0.0856. The largest absolute Gasteiger partial charge is 0.372 e. The van der Waals surface area contributed by atoms with Crippen LogP contribution in [0.1, 0.15) is 22.8 Å². The number of rotatable bonds is 3. The summed E-state index contributed by atoms with van der Waals surface area (Å²) in [7, 11) is 0. The average Bonchev–Trinajstić information content (AvgIpc) is 2.69. The minimum atomic E-state index is -0.0856. The smallest absolute Gasteiger partial charge is 0.258 e. The summed E-state index contributed by atoms with van der Waals surface area (Å²) < 4.78 is 6.68. The Balaban J connectivity index is 2.42. The second-order valence-corrected chi connectivity index (χ2v) is 4.07. The molecule has 0 aliphatic rings. The van der Waals surface area contributed by atoms with Crippen LogP contribution in [-0.2, 0) is 4.74 Å². The molecule has 0 bridgehead atoms. The molecule has 2 rings (SSSR count). The normalized spacial score (nSPS) is 11.0. The topological polar surface area (TPSA) is 44.1 Å². The molecule has 0 aliphatic heterocycles. The molecule has 90 valence electrons. The minimum Gasteiger partial charge on any atom is -0.372 e. The summed E-state index contributed by atoms with van der Waals surface area (Å²) in [6, 6.07) is 3.98. The number of imidazole rings is 1.